The topological polar surface area (TPSA) is 94.1 Å². The van der Waals surface area contributed by atoms with Gasteiger partial charge in [-0.2, -0.15) is 5.10 Å². The molecule has 0 bridgehead atoms. The Morgan fingerprint density at radius 3 is 2.22 bits per heavy atom. The molecule has 0 atom stereocenters. The van der Waals surface area contributed by atoms with Gasteiger partial charge in [-0.3, -0.25) is 0 Å². The van der Waals surface area contributed by atoms with Crippen LogP contribution in [0, 0.1) is 6.92 Å². The van der Waals surface area contributed by atoms with Crippen LogP contribution in [-0.4, -0.2) is 56.9 Å². The Hall–Kier alpha value is -3.49. The lowest BCUT2D eigenvalue weighted by Gasteiger charge is -2.39. The molecule has 2 aliphatic heterocycles. The van der Waals surface area contributed by atoms with Crippen molar-refractivity contribution in [3.8, 4) is 22.8 Å². The molecule has 2 aliphatic rings. The normalized spacial score (nSPS) is 18.0. The van der Waals surface area contributed by atoms with Crippen LogP contribution in [-0.2, 0) is 0 Å². The van der Waals surface area contributed by atoms with Gasteiger partial charge in [0.1, 0.15) is 29.3 Å². The first-order valence-corrected chi connectivity index (χ1v) is 12.9. The molecule has 2 aromatic carbocycles. The fourth-order valence-electron chi connectivity index (χ4n) is 5.54. The summed E-state index contributed by atoms with van der Waals surface area (Å²) >= 11 is 0. The maximum atomic E-state index is 6.36. The monoisotopic (exact) mass is 483 g/mol. The summed E-state index contributed by atoms with van der Waals surface area (Å²) in [4.78, 5) is 11.6. The highest BCUT2D eigenvalue weighted by atomic mass is 16.5. The van der Waals surface area contributed by atoms with E-state index in [4.69, 9.17) is 15.6 Å². The van der Waals surface area contributed by atoms with Gasteiger partial charge in [0, 0.05) is 24.7 Å². The number of fused-ring (bicyclic) bond motifs is 1. The van der Waals surface area contributed by atoms with Crippen molar-refractivity contribution in [2.75, 3.05) is 31.9 Å². The highest BCUT2D eigenvalue weighted by Gasteiger charge is 2.29. The molecular weight excluding hydrogens is 450 g/mol. The summed E-state index contributed by atoms with van der Waals surface area (Å²) in [5, 5.41) is 9.37. The van der Waals surface area contributed by atoms with Crippen LogP contribution in [0.3, 0.4) is 0 Å². The number of hydrogen-bond donors (Lipinski definition) is 2. The number of rotatable bonds is 5. The Kier molecular flexibility index (Phi) is 6.29. The van der Waals surface area contributed by atoms with E-state index in [0.29, 0.717) is 17.9 Å². The lowest BCUT2D eigenvalue weighted by Crippen LogP contribution is -2.46. The van der Waals surface area contributed by atoms with Crippen LogP contribution >= 0.6 is 0 Å². The second kappa shape index (κ2) is 9.87. The van der Waals surface area contributed by atoms with E-state index in [-0.39, 0.29) is 0 Å². The molecule has 36 heavy (non-hydrogen) atoms. The van der Waals surface area contributed by atoms with E-state index in [1.54, 1.807) is 6.33 Å². The van der Waals surface area contributed by atoms with E-state index in [1.165, 1.54) is 18.4 Å². The lowest BCUT2D eigenvalue weighted by molar-refractivity contribution is 0.111. The quantitative estimate of drug-likeness (QED) is 0.430. The third-order valence-electron chi connectivity index (χ3n) is 7.57. The number of ether oxygens (including phenoxy) is 1. The smallest absolute Gasteiger partial charge is 0.164 e. The number of hydrogen-bond acceptors (Lipinski definition) is 7. The van der Waals surface area contributed by atoms with Gasteiger partial charge in [0.25, 0.3) is 0 Å². The number of nitrogen functional groups attached to an aromatic ring is 1. The van der Waals surface area contributed by atoms with E-state index < -0.39 is 0 Å². The molecule has 2 fully saturated rings. The predicted octanol–water partition coefficient (Wildman–Crippen LogP) is 4.57. The van der Waals surface area contributed by atoms with E-state index >= 15 is 0 Å². The van der Waals surface area contributed by atoms with Crippen LogP contribution in [0.15, 0.2) is 54.9 Å². The van der Waals surface area contributed by atoms with Gasteiger partial charge in [0.15, 0.2) is 5.65 Å². The Bertz CT molecular complexity index is 1320. The zero-order valence-electron chi connectivity index (χ0n) is 20.7. The van der Waals surface area contributed by atoms with Crippen LogP contribution in [0.4, 0.5) is 5.82 Å². The summed E-state index contributed by atoms with van der Waals surface area (Å²) in [5.41, 5.74) is 10.2. The number of nitrogens with one attached hydrogen (secondary N) is 1. The number of nitrogens with zero attached hydrogens (tertiary/aromatic N) is 5. The highest BCUT2D eigenvalue weighted by Crippen LogP contribution is 2.35. The fraction of sp³-hybridized carbons (Fsp3) is 0.393. The summed E-state index contributed by atoms with van der Waals surface area (Å²) in [7, 11) is 0. The number of likely N-dealkylation sites (tertiary alicyclic amines) is 1. The van der Waals surface area contributed by atoms with Crippen molar-refractivity contribution in [2.24, 2.45) is 0 Å². The molecule has 8 heteroatoms. The summed E-state index contributed by atoms with van der Waals surface area (Å²) < 4.78 is 8.11. The number of anilines is 1. The second-order valence-electron chi connectivity index (χ2n) is 9.94. The van der Waals surface area contributed by atoms with Crippen molar-refractivity contribution in [1.29, 1.82) is 0 Å². The first-order chi connectivity index (χ1) is 17.7. The maximum Gasteiger partial charge on any atom is 0.164 e. The minimum absolute atomic E-state index is 0.303. The third-order valence-corrected chi connectivity index (χ3v) is 7.57. The average molecular weight is 484 g/mol. The van der Waals surface area contributed by atoms with Crippen LogP contribution in [0.2, 0.25) is 0 Å². The molecule has 6 rings (SSSR count). The lowest BCUT2D eigenvalue weighted by atomic mass is 9.99. The largest absolute Gasteiger partial charge is 0.457 e. The van der Waals surface area contributed by atoms with Crippen molar-refractivity contribution in [3.05, 3.63) is 60.4 Å². The first-order valence-electron chi connectivity index (χ1n) is 12.9. The molecule has 4 aromatic rings. The van der Waals surface area contributed by atoms with Gasteiger partial charge in [0.2, 0.25) is 0 Å². The van der Waals surface area contributed by atoms with Gasteiger partial charge < -0.3 is 20.7 Å². The molecule has 2 aromatic heterocycles. The second-order valence-corrected chi connectivity index (χ2v) is 9.94. The molecule has 0 unspecified atom stereocenters. The first kappa shape index (κ1) is 22.9. The van der Waals surface area contributed by atoms with Crippen LogP contribution < -0.4 is 15.8 Å². The van der Waals surface area contributed by atoms with Crippen LogP contribution in [0.1, 0.15) is 37.3 Å². The molecule has 0 saturated carbocycles. The molecule has 2 saturated heterocycles. The molecule has 0 aliphatic carbocycles. The van der Waals surface area contributed by atoms with Crippen molar-refractivity contribution >= 4 is 16.9 Å². The van der Waals surface area contributed by atoms with Crippen LogP contribution in [0.5, 0.6) is 11.5 Å². The van der Waals surface area contributed by atoms with E-state index in [0.717, 1.165) is 72.8 Å². The maximum absolute atomic E-state index is 6.36. The van der Waals surface area contributed by atoms with Gasteiger partial charge in [0.05, 0.1) is 11.4 Å². The Morgan fingerprint density at radius 1 is 0.861 bits per heavy atom. The molecular formula is C28H33N7O. The van der Waals surface area contributed by atoms with Crippen molar-refractivity contribution in [1.82, 2.24) is 30.0 Å². The summed E-state index contributed by atoms with van der Waals surface area (Å²) in [6, 6.07) is 17.1. The van der Waals surface area contributed by atoms with Crippen molar-refractivity contribution < 1.29 is 4.74 Å². The highest BCUT2D eigenvalue weighted by molar-refractivity contribution is 5.98. The molecule has 186 valence electrons. The zero-order chi connectivity index (χ0) is 24.5. The minimum Gasteiger partial charge on any atom is -0.457 e. The van der Waals surface area contributed by atoms with E-state index in [1.807, 2.05) is 48.5 Å². The minimum atomic E-state index is 0.303. The zero-order valence-corrected chi connectivity index (χ0v) is 20.7. The van der Waals surface area contributed by atoms with Gasteiger partial charge in [-0.05, 0) is 82.1 Å². The summed E-state index contributed by atoms with van der Waals surface area (Å²) in [6.07, 6.45) is 6.16. The number of aryl methyl sites for hydroxylation is 1. The van der Waals surface area contributed by atoms with Crippen LogP contribution in [0.25, 0.3) is 22.3 Å². The van der Waals surface area contributed by atoms with Gasteiger partial charge >= 0.3 is 0 Å². The summed E-state index contributed by atoms with van der Waals surface area (Å²) in [6.45, 7) is 6.51. The molecule has 0 spiro atoms. The van der Waals surface area contributed by atoms with E-state index in [9.17, 15) is 0 Å². The molecule has 0 radical (unpaired) electrons. The SMILES string of the molecule is Cc1ccc(Oc2ccc(-c3nn(C4CCN(C5CCNCC5)CC4)c4ncnc(N)c34)cc2)cc1. The Labute approximate surface area is 211 Å². The summed E-state index contributed by atoms with van der Waals surface area (Å²) in [5.74, 6) is 2.06. The standard InChI is InChI=1S/C28H33N7O/c1-19-2-6-23(7-3-19)36-24-8-4-20(5-9-24)26-25-27(29)31-18-32-28(25)35(33-26)22-12-16-34(17-13-22)21-10-14-30-15-11-21/h2-9,18,21-22,30H,10-17H2,1H3,(H2,29,31,32). The average Bonchev–Trinajstić information content (AvgIpc) is 3.32. The number of aromatic nitrogens is 4. The predicted molar refractivity (Wildman–Crippen MR) is 142 cm³/mol. The van der Waals surface area contributed by atoms with Crippen molar-refractivity contribution in [2.45, 2.75) is 44.7 Å². The number of piperidine rings is 2. The Balaban J connectivity index is 1.25. The third kappa shape index (κ3) is 4.54. The molecule has 4 heterocycles. The van der Waals surface area contributed by atoms with Crippen molar-refractivity contribution in [3.63, 3.8) is 0 Å². The fourth-order valence-corrected chi connectivity index (χ4v) is 5.54. The molecule has 0 amide bonds. The number of nitrogens with two attached hydrogens (primary N) is 1. The Morgan fingerprint density at radius 2 is 1.53 bits per heavy atom. The molecule has 3 N–H and O–H groups in total. The molecule has 8 nitrogen and oxygen atoms in total. The van der Waals surface area contributed by atoms with Gasteiger partial charge in [-0.1, -0.05) is 17.7 Å². The van der Waals surface area contributed by atoms with Gasteiger partial charge in [-0.25, -0.2) is 14.6 Å². The van der Waals surface area contributed by atoms with E-state index in [2.05, 4.69) is 31.8 Å². The van der Waals surface area contributed by atoms with Gasteiger partial charge in [-0.15, -0.1) is 0 Å². The number of benzene rings is 2.